The first-order valence-electron chi connectivity index (χ1n) is 5.36. The molecule has 1 aromatic heterocycles. The van der Waals surface area contributed by atoms with Crippen LogP contribution in [-0.2, 0) is 5.88 Å². The average molecular weight is 229 g/mol. The molecule has 0 atom stereocenters. The number of halogens is 1. The number of aromatic nitrogens is 2. The van der Waals surface area contributed by atoms with Gasteiger partial charge in [-0.15, -0.1) is 11.6 Å². The van der Waals surface area contributed by atoms with Gasteiger partial charge in [0.05, 0.1) is 30.6 Å². The minimum absolute atomic E-state index is 0.393. The smallest absolute Gasteiger partial charge is 0.232 e. The normalized spacial score (nSPS) is 10.3. The standard InChI is InChI=1S/C11H17ClN2O/c1-2-3-4-5-6-15-11-9-13-10(7-12)8-14-11/h8-9H,2-7H2,1H3. The van der Waals surface area contributed by atoms with Gasteiger partial charge < -0.3 is 4.74 Å². The second-order valence-electron chi connectivity index (χ2n) is 3.39. The molecule has 0 aliphatic rings. The van der Waals surface area contributed by atoms with Crippen LogP contribution in [0.1, 0.15) is 38.3 Å². The van der Waals surface area contributed by atoms with E-state index in [1.807, 2.05) is 0 Å². The van der Waals surface area contributed by atoms with Gasteiger partial charge in [0.1, 0.15) is 0 Å². The van der Waals surface area contributed by atoms with Crippen LogP contribution in [0, 0.1) is 0 Å². The van der Waals surface area contributed by atoms with Crippen LogP contribution in [0.3, 0.4) is 0 Å². The summed E-state index contributed by atoms with van der Waals surface area (Å²) in [5.41, 5.74) is 0.773. The van der Waals surface area contributed by atoms with Crippen molar-refractivity contribution >= 4 is 11.6 Å². The van der Waals surface area contributed by atoms with Crippen molar-refractivity contribution < 1.29 is 4.74 Å². The highest BCUT2D eigenvalue weighted by atomic mass is 35.5. The molecule has 3 nitrogen and oxygen atoms in total. The van der Waals surface area contributed by atoms with E-state index < -0.39 is 0 Å². The number of alkyl halides is 1. The molecule has 15 heavy (non-hydrogen) atoms. The molecule has 0 aromatic carbocycles. The highest BCUT2D eigenvalue weighted by molar-refractivity contribution is 6.16. The number of hydrogen-bond donors (Lipinski definition) is 0. The van der Waals surface area contributed by atoms with Gasteiger partial charge in [0.2, 0.25) is 5.88 Å². The summed E-state index contributed by atoms with van der Waals surface area (Å²) < 4.78 is 5.44. The predicted octanol–water partition coefficient (Wildman–Crippen LogP) is 3.17. The third kappa shape index (κ3) is 4.98. The van der Waals surface area contributed by atoms with E-state index in [0.29, 0.717) is 11.8 Å². The minimum Gasteiger partial charge on any atom is -0.477 e. The molecule has 0 bridgehead atoms. The SMILES string of the molecule is CCCCCCOc1cnc(CCl)cn1. The fourth-order valence-electron chi connectivity index (χ4n) is 1.19. The van der Waals surface area contributed by atoms with E-state index in [4.69, 9.17) is 16.3 Å². The van der Waals surface area contributed by atoms with E-state index in [-0.39, 0.29) is 0 Å². The Morgan fingerprint density at radius 1 is 1.20 bits per heavy atom. The zero-order valence-corrected chi connectivity index (χ0v) is 9.83. The molecule has 1 aromatic rings. The minimum atomic E-state index is 0.393. The van der Waals surface area contributed by atoms with E-state index in [2.05, 4.69) is 16.9 Å². The summed E-state index contributed by atoms with van der Waals surface area (Å²) in [5, 5.41) is 0. The van der Waals surface area contributed by atoms with Gasteiger partial charge in [0.25, 0.3) is 0 Å². The summed E-state index contributed by atoms with van der Waals surface area (Å²) in [5.74, 6) is 0.976. The second-order valence-corrected chi connectivity index (χ2v) is 3.66. The summed E-state index contributed by atoms with van der Waals surface area (Å²) in [6, 6.07) is 0. The summed E-state index contributed by atoms with van der Waals surface area (Å²) >= 11 is 5.60. The van der Waals surface area contributed by atoms with Gasteiger partial charge in [-0.3, -0.25) is 4.98 Å². The summed E-state index contributed by atoms with van der Waals surface area (Å²) in [6.45, 7) is 2.91. The largest absolute Gasteiger partial charge is 0.477 e. The molecule has 0 N–H and O–H groups in total. The Hall–Kier alpha value is -0.830. The molecule has 0 aliphatic heterocycles. The van der Waals surface area contributed by atoms with Gasteiger partial charge >= 0.3 is 0 Å². The zero-order valence-electron chi connectivity index (χ0n) is 9.08. The highest BCUT2D eigenvalue weighted by Crippen LogP contribution is 2.07. The molecular formula is C11H17ClN2O. The van der Waals surface area contributed by atoms with Crippen molar-refractivity contribution in [2.45, 2.75) is 38.5 Å². The molecule has 0 amide bonds. The molecule has 0 aliphatic carbocycles. The van der Waals surface area contributed by atoms with Crippen molar-refractivity contribution in [3.8, 4) is 5.88 Å². The Balaban J connectivity index is 2.20. The lowest BCUT2D eigenvalue weighted by Gasteiger charge is -2.04. The van der Waals surface area contributed by atoms with Crippen molar-refractivity contribution in [1.82, 2.24) is 9.97 Å². The first-order valence-corrected chi connectivity index (χ1v) is 5.90. The van der Waals surface area contributed by atoms with Crippen LogP contribution < -0.4 is 4.74 Å². The lowest BCUT2D eigenvalue weighted by molar-refractivity contribution is 0.292. The molecule has 0 radical (unpaired) electrons. The van der Waals surface area contributed by atoms with Crippen LogP contribution in [0.2, 0.25) is 0 Å². The van der Waals surface area contributed by atoms with Gasteiger partial charge in [-0.2, -0.15) is 0 Å². The number of unbranched alkanes of at least 4 members (excludes halogenated alkanes) is 3. The van der Waals surface area contributed by atoms with Gasteiger partial charge in [0.15, 0.2) is 0 Å². The first kappa shape index (κ1) is 12.2. The molecule has 0 unspecified atom stereocenters. The van der Waals surface area contributed by atoms with Crippen molar-refractivity contribution in [3.05, 3.63) is 18.1 Å². The predicted molar refractivity (Wildman–Crippen MR) is 61.2 cm³/mol. The van der Waals surface area contributed by atoms with Crippen molar-refractivity contribution in [2.24, 2.45) is 0 Å². The van der Waals surface area contributed by atoms with Crippen LogP contribution in [0.5, 0.6) is 5.88 Å². The lowest BCUT2D eigenvalue weighted by Crippen LogP contribution is -2.00. The van der Waals surface area contributed by atoms with Gasteiger partial charge in [-0.25, -0.2) is 4.98 Å². The number of ether oxygens (including phenoxy) is 1. The van der Waals surface area contributed by atoms with E-state index >= 15 is 0 Å². The monoisotopic (exact) mass is 228 g/mol. The fraction of sp³-hybridized carbons (Fsp3) is 0.636. The number of nitrogens with zero attached hydrogens (tertiary/aromatic N) is 2. The zero-order chi connectivity index (χ0) is 10.9. The van der Waals surface area contributed by atoms with Crippen molar-refractivity contribution in [2.75, 3.05) is 6.61 Å². The quantitative estimate of drug-likeness (QED) is 0.531. The Labute approximate surface area is 95.8 Å². The number of hydrogen-bond acceptors (Lipinski definition) is 3. The maximum absolute atomic E-state index is 5.60. The Bertz CT molecular complexity index is 264. The summed E-state index contributed by atoms with van der Waals surface area (Å²) in [7, 11) is 0. The van der Waals surface area contributed by atoms with Crippen LogP contribution in [0.25, 0.3) is 0 Å². The van der Waals surface area contributed by atoms with Crippen LogP contribution in [0.15, 0.2) is 12.4 Å². The van der Waals surface area contributed by atoms with Gasteiger partial charge in [-0.05, 0) is 6.42 Å². The van der Waals surface area contributed by atoms with Crippen molar-refractivity contribution in [3.63, 3.8) is 0 Å². The first-order chi connectivity index (χ1) is 7.36. The fourth-order valence-corrected chi connectivity index (χ4v) is 1.33. The van der Waals surface area contributed by atoms with E-state index in [1.54, 1.807) is 12.4 Å². The van der Waals surface area contributed by atoms with Crippen LogP contribution >= 0.6 is 11.6 Å². The molecule has 0 saturated heterocycles. The van der Waals surface area contributed by atoms with Gasteiger partial charge in [-0.1, -0.05) is 26.2 Å². The van der Waals surface area contributed by atoms with Gasteiger partial charge in [0, 0.05) is 0 Å². The van der Waals surface area contributed by atoms with Crippen LogP contribution in [-0.4, -0.2) is 16.6 Å². The maximum atomic E-state index is 5.60. The summed E-state index contributed by atoms with van der Waals surface area (Å²) in [6.07, 6.45) is 8.06. The summed E-state index contributed by atoms with van der Waals surface area (Å²) in [4.78, 5) is 8.19. The molecule has 84 valence electrons. The molecule has 0 saturated carbocycles. The Kier molecular flexibility index (Phi) is 6.09. The third-order valence-electron chi connectivity index (χ3n) is 2.07. The molecule has 1 rings (SSSR count). The van der Waals surface area contributed by atoms with E-state index in [9.17, 15) is 0 Å². The maximum Gasteiger partial charge on any atom is 0.232 e. The number of rotatable bonds is 7. The van der Waals surface area contributed by atoms with E-state index in [1.165, 1.54) is 19.3 Å². The third-order valence-corrected chi connectivity index (χ3v) is 2.34. The molecule has 4 heteroatoms. The lowest BCUT2D eigenvalue weighted by atomic mass is 10.2. The Morgan fingerprint density at radius 3 is 2.67 bits per heavy atom. The highest BCUT2D eigenvalue weighted by Gasteiger charge is 1.97. The Morgan fingerprint density at radius 2 is 2.07 bits per heavy atom. The average Bonchev–Trinajstić information content (AvgIpc) is 2.30. The van der Waals surface area contributed by atoms with Crippen molar-refractivity contribution in [1.29, 1.82) is 0 Å². The van der Waals surface area contributed by atoms with E-state index in [0.717, 1.165) is 18.7 Å². The van der Waals surface area contributed by atoms with Crippen LogP contribution in [0.4, 0.5) is 0 Å². The molecular weight excluding hydrogens is 212 g/mol. The molecule has 1 heterocycles. The molecule has 0 spiro atoms. The molecule has 0 fully saturated rings. The topological polar surface area (TPSA) is 35.0 Å². The second kappa shape index (κ2) is 7.46.